The van der Waals surface area contributed by atoms with E-state index in [9.17, 15) is 4.79 Å². The second kappa shape index (κ2) is 6.83. The van der Waals surface area contributed by atoms with Crippen molar-refractivity contribution in [3.8, 4) is 0 Å². The molecule has 0 aliphatic carbocycles. The maximum atomic E-state index is 12.2. The molecule has 0 unspecified atom stereocenters. The van der Waals surface area contributed by atoms with Gasteiger partial charge in [0, 0.05) is 18.8 Å². The van der Waals surface area contributed by atoms with Crippen LogP contribution in [-0.4, -0.2) is 33.2 Å². The Morgan fingerprint density at radius 3 is 2.67 bits per heavy atom. The van der Waals surface area contributed by atoms with Gasteiger partial charge in [0.1, 0.15) is 0 Å². The van der Waals surface area contributed by atoms with Crippen LogP contribution in [-0.2, 0) is 7.05 Å². The van der Waals surface area contributed by atoms with E-state index in [-0.39, 0.29) is 11.9 Å². The number of amides is 1. The van der Waals surface area contributed by atoms with Gasteiger partial charge in [-0.2, -0.15) is 16.9 Å². The van der Waals surface area contributed by atoms with Crippen LogP contribution < -0.4 is 5.32 Å². The summed E-state index contributed by atoms with van der Waals surface area (Å²) in [6.07, 6.45) is 1.00. The van der Waals surface area contributed by atoms with Gasteiger partial charge in [0.2, 0.25) is 0 Å². The molecule has 102 valence electrons. The SMILES string of the molecule is CCSCC[C@@H](C)NC(=O)c1c(C)nn(C)c1C. The lowest BCUT2D eigenvalue weighted by atomic mass is 10.1. The molecule has 5 heteroatoms. The lowest BCUT2D eigenvalue weighted by Gasteiger charge is -2.13. The third-order valence-electron chi connectivity index (χ3n) is 3.01. The van der Waals surface area contributed by atoms with Crippen molar-refractivity contribution in [3.63, 3.8) is 0 Å². The summed E-state index contributed by atoms with van der Waals surface area (Å²) < 4.78 is 1.75. The van der Waals surface area contributed by atoms with Crippen LogP contribution >= 0.6 is 11.8 Å². The fourth-order valence-corrected chi connectivity index (χ4v) is 2.68. The third-order valence-corrected chi connectivity index (χ3v) is 3.95. The summed E-state index contributed by atoms with van der Waals surface area (Å²) in [4.78, 5) is 12.2. The zero-order valence-electron chi connectivity index (χ0n) is 11.9. The highest BCUT2D eigenvalue weighted by atomic mass is 32.2. The molecule has 1 amide bonds. The standard InChI is InChI=1S/C13H23N3OS/c1-6-18-8-7-9(2)14-13(17)12-10(3)15-16(5)11(12)4/h9H,6-8H2,1-5H3,(H,14,17)/t9-/m1/s1. The average Bonchev–Trinajstić information content (AvgIpc) is 2.53. The molecule has 1 N–H and O–H groups in total. The Hall–Kier alpha value is -0.970. The van der Waals surface area contributed by atoms with Crippen LogP contribution in [0.2, 0.25) is 0 Å². The molecule has 0 radical (unpaired) electrons. The smallest absolute Gasteiger partial charge is 0.255 e. The molecule has 0 aliphatic heterocycles. The minimum atomic E-state index is -0.00732. The molecule has 0 fully saturated rings. The Morgan fingerprint density at radius 2 is 2.17 bits per heavy atom. The lowest BCUT2D eigenvalue weighted by molar-refractivity contribution is 0.0938. The summed E-state index contributed by atoms with van der Waals surface area (Å²) in [5.41, 5.74) is 2.43. The first-order chi connectivity index (χ1) is 8.47. The van der Waals surface area contributed by atoms with Gasteiger partial charge in [-0.05, 0) is 38.7 Å². The van der Waals surface area contributed by atoms with Crippen LogP contribution in [0.3, 0.4) is 0 Å². The van der Waals surface area contributed by atoms with Gasteiger partial charge >= 0.3 is 0 Å². The van der Waals surface area contributed by atoms with Gasteiger partial charge in [-0.1, -0.05) is 6.92 Å². The van der Waals surface area contributed by atoms with Crippen LogP contribution in [0.15, 0.2) is 0 Å². The number of carbonyl (C=O) groups excluding carboxylic acids is 1. The largest absolute Gasteiger partial charge is 0.349 e. The number of rotatable bonds is 6. The van der Waals surface area contributed by atoms with Crippen molar-refractivity contribution < 1.29 is 4.79 Å². The lowest BCUT2D eigenvalue weighted by Crippen LogP contribution is -2.33. The van der Waals surface area contributed by atoms with E-state index < -0.39 is 0 Å². The molecule has 1 rings (SSSR count). The van der Waals surface area contributed by atoms with Crippen molar-refractivity contribution in [3.05, 3.63) is 17.0 Å². The fourth-order valence-electron chi connectivity index (χ4n) is 1.87. The van der Waals surface area contributed by atoms with E-state index in [1.165, 1.54) is 0 Å². The molecule has 1 heterocycles. The number of nitrogens with zero attached hydrogens (tertiary/aromatic N) is 2. The summed E-state index contributed by atoms with van der Waals surface area (Å²) in [6, 6.07) is 0.204. The summed E-state index contributed by atoms with van der Waals surface area (Å²) in [5.74, 6) is 2.21. The van der Waals surface area contributed by atoms with Gasteiger partial charge in [-0.25, -0.2) is 0 Å². The van der Waals surface area contributed by atoms with E-state index in [1.54, 1.807) is 4.68 Å². The highest BCUT2D eigenvalue weighted by molar-refractivity contribution is 7.99. The molecule has 1 aromatic heterocycles. The second-order valence-electron chi connectivity index (χ2n) is 4.53. The van der Waals surface area contributed by atoms with E-state index in [4.69, 9.17) is 0 Å². The molecular formula is C13H23N3OS. The first-order valence-corrected chi connectivity index (χ1v) is 7.51. The maximum absolute atomic E-state index is 12.2. The quantitative estimate of drug-likeness (QED) is 0.806. The molecule has 0 aliphatic rings. The van der Waals surface area contributed by atoms with Crippen molar-refractivity contribution in [2.75, 3.05) is 11.5 Å². The van der Waals surface area contributed by atoms with Crippen LogP contribution in [0.1, 0.15) is 42.0 Å². The summed E-state index contributed by atoms with van der Waals surface area (Å²) in [7, 11) is 1.86. The summed E-state index contributed by atoms with van der Waals surface area (Å²) in [6.45, 7) is 8.00. The van der Waals surface area contributed by atoms with Crippen LogP contribution in [0.4, 0.5) is 0 Å². The van der Waals surface area contributed by atoms with Crippen molar-refractivity contribution >= 4 is 17.7 Å². The van der Waals surface area contributed by atoms with Gasteiger partial charge in [0.15, 0.2) is 0 Å². The molecule has 0 spiro atoms. The number of nitrogens with one attached hydrogen (secondary N) is 1. The minimum absolute atomic E-state index is 0.00732. The normalized spacial score (nSPS) is 12.5. The van der Waals surface area contributed by atoms with Crippen LogP contribution in [0.5, 0.6) is 0 Å². The zero-order valence-corrected chi connectivity index (χ0v) is 12.7. The Balaban J connectivity index is 2.59. The van der Waals surface area contributed by atoms with Crippen molar-refractivity contribution in [2.45, 2.75) is 40.2 Å². The number of hydrogen-bond donors (Lipinski definition) is 1. The van der Waals surface area contributed by atoms with Crippen molar-refractivity contribution in [1.29, 1.82) is 0 Å². The molecule has 18 heavy (non-hydrogen) atoms. The van der Waals surface area contributed by atoms with Crippen molar-refractivity contribution in [2.24, 2.45) is 7.05 Å². The highest BCUT2D eigenvalue weighted by Crippen LogP contribution is 2.12. The molecule has 1 aromatic rings. The van der Waals surface area contributed by atoms with E-state index in [1.807, 2.05) is 32.7 Å². The number of hydrogen-bond acceptors (Lipinski definition) is 3. The predicted molar refractivity (Wildman–Crippen MR) is 77.2 cm³/mol. The molecule has 4 nitrogen and oxygen atoms in total. The molecule has 0 bridgehead atoms. The number of carbonyl (C=O) groups is 1. The first kappa shape index (κ1) is 15.1. The topological polar surface area (TPSA) is 46.9 Å². The van der Waals surface area contributed by atoms with E-state index >= 15 is 0 Å². The number of aryl methyl sites for hydroxylation is 2. The molecule has 0 saturated carbocycles. The summed E-state index contributed by atoms with van der Waals surface area (Å²) in [5, 5.41) is 7.31. The predicted octanol–water partition coefficient (Wildman–Crippen LogP) is 2.30. The maximum Gasteiger partial charge on any atom is 0.255 e. The molecular weight excluding hydrogens is 246 g/mol. The van der Waals surface area contributed by atoms with Crippen LogP contribution in [0.25, 0.3) is 0 Å². The van der Waals surface area contributed by atoms with Gasteiger partial charge in [0.05, 0.1) is 11.3 Å². The first-order valence-electron chi connectivity index (χ1n) is 6.36. The van der Waals surface area contributed by atoms with Gasteiger partial charge in [0.25, 0.3) is 5.91 Å². The van der Waals surface area contributed by atoms with Crippen molar-refractivity contribution in [1.82, 2.24) is 15.1 Å². The molecule has 0 aromatic carbocycles. The molecule has 1 atom stereocenters. The number of aromatic nitrogens is 2. The van der Waals surface area contributed by atoms with Crippen LogP contribution in [0, 0.1) is 13.8 Å². The van der Waals surface area contributed by atoms with Gasteiger partial charge in [-0.15, -0.1) is 0 Å². The Labute approximate surface area is 114 Å². The second-order valence-corrected chi connectivity index (χ2v) is 5.92. The Bertz CT molecular complexity index is 415. The monoisotopic (exact) mass is 269 g/mol. The third kappa shape index (κ3) is 3.77. The molecule has 0 saturated heterocycles. The highest BCUT2D eigenvalue weighted by Gasteiger charge is 2.18. The van der Waals surface area contributed by atoms with E-state index in [0.717, 1.165) is 29.3 Å². The van der Waals surface area contributed by atoms with E-state index in [0.29, 0.717) is 5.56 Å². The summed E-state index contributed by atoms with van der Waals surface area (Å²) >= 11 is 1.90. The zero-order chi connectivity index (χ0) is 13.7. The average molecular weight is 269 g/mol. The Morgan fingerprint density at radius 1 is 1.50 bits per heavy atom. The van der Waals surface area contributed by atoms with Gasteiger partial charge < -0.3 is 5.32 Å². The fraction of sp³-hybridized carbons (Fsp3) is 0.692. The minimum Gasteiger partial charge on any atom is -0.349 e. The van der Waals surface area contributed by atoms with Gasteiger partial charge in [-0.3, -0.25) is 9.48 Å². The van der Waals surface area contributed by atoms with E-state index in [2.05, 4.69) is 24.3 Å². The Kier molecular flexibility index (Phi) is 5.72. The number of thioether (sulfide) groups is 1.